The van der Waals surface area contributed by atoms with Crippen molar-refractivity contribution in [1.29, 1.82) is 0 Å². The van der Waals surface area contributed by atoms with Crippen molar-refractivity contribution in [2.75, 3.05) is 0 Å². The number of hydrogen-bond acceptors (Lipinski definition) is 4. The van der Waals surface area contributed by atoms with Crippen molar-refractivity contribution in [2.45, 2.75) is 45.1 Å². The summed E-state index contributed by atoms with van der Waals surface area (Å²) in [5.74, 6) is -0.210. The van der Waals surface area contributed by atoms with Crippen LogP contribution in [-0.2, 0) is 20.9 Å². The second-order valence-corrected chi connectivity index (χ2v) is 8.72. The number of carbonyl (C=O) groups excluding carboxylic acids is 2. The van der Waals surface area contributed by atoms with Crippen LogP contribution in [0, 0.1) is 5.92 Å². The predicted octanol–water partition coefficient (Wildman–Crippen LogP) is 6.08. The molecule has 1 saturated heterocycles. The molecule has 1 fully saturated rings. The lowest BCUT2D eigenvalue weighted by Gasteiger charge is -2.45. The van der Waals surface area contributed by atoms with Gasteiger partial charge in [0.05, 0.1) is 0 Å². The SMILES string of the molecule is CC(C)C[C@H]1C(=O)O[C@H](c2ccccc2)[C@H](c2ccccc2)N1C(=O)OCc1ccccc1. The molecule has 0 saturated carbocycles. The molecule has 0 unspecified atom stereocenters. The first-order valence-electron chi connectivity index (χ1n) is 11.3. The number of cyclic esters (lactones) is 1. The van der Waals surface area contributed by atoms with Crippen LogP contribution in [0.25, 0.3) is 0 Å². The smallest absolute Gasteiger partial charge is 0.411 e. The minimum absolute atomic E-state index is 0.136. The number of amides is 1. The van der Waals surface area contributed by atoms with E-state index in [-0.39, 0.29) is 12.5 Å². The van der Waals surface area contributed by atoms with Crippen LogP contribution < -0.4 is 0 Å². The first-order valence-corrected chi connectivity index (χ1v) is 11.3. The van der Waals surface area contributed by atoms with E-state index >= 15 is 0 Å². The number of rotatable bonds is 6. The number of morpholine rings is 1. The van der Waals surface area contributed by atoms with Crippen LogP contribution >= 0.6 is 0 Å². The molecule has 0 N–H and O–H groups in total. The average Bonchev–Trinajstić information content (AvgIpc) is 2.85. The molecular weight excluding hydrogens is 414 g/mol. The summed E-state index contributed by atoms with van der Waals surface area (Å²) >= 11 is 0. The van der Waals surface area contributed by atoms with Crippen molar-refractivity contribution in [3.63, 3.8) is 0 Å². The molecule has 0 spiro atoms. The summed E-state index contributed by atoms with van der Waals surface area (Å²) in [6.07, 6.45) is -0.658. The van der Waals surface area contributed by atoms with E-state index in [1.807, 2.05) is 105 Å². The molecule has 33 heavy (non-hydrogen) atoms. The molecule has 3 atom stereocenters. The van der Waals surface area contributed by atoms with Crippen LogP contribution in [0.4, 0.5) is 4.79 Å². The number of esters is 1. The normalized spacial score (nSPS) is 20.4. The van der Waals surface area contributed by atoms with Gasteiger partial charge in [-0.05, 0) is 29.0 Å². The summed E-state index contributed by atoms with van der Waals surface area (Å²) in [6.45, 7) is 4.19. The Balaban J connectivity index is 1.74. The predicted molar refractivity (Wildman–Crippen MR) is 126 cm³/mol. The third-order valence-electron chi connectivity index (χ3n) is 5.82. The zero-order chi connectivity index (χ0) is 23.2. The standard InChI is InChI=1S/C28H29NO4/c1-20(2)18-24-27(30)33-26(23-16-10-5-11-17-23)25(22-14-8-4-9-15-22)29(24)28(31)32-19-21-12-6-3-7-13-21/h3-17,20,24-26H,18-19H2,1-2H3/t24-,25-,26+/m0/s1. The largest absolute Gasteiger partial charge is 0.453 e. The number of benzene rings is 3. The average molecular weight is 444 g/mol. The van der Waals surface area contributed by atoms with Crippen molar-refractivity contribution in [3.8, 4) is 0 Å². The highest BCUT2D eigenvalue weighted by Crippen LogP contribution is 2.43. The Hall–Kier alpha value is -3.60. The van der Waals surface area contributed by atoms with Crippen LogP contribution in [0.15, 0.2) is 91.0 Å². The van der Waals surface area contributed by atoms with Gasteiger partial charge in [-0.2, -0.15) is 0 Å². The summed E-state index contributed by atoms with van der Waals surface area (Å²) in [7, 11) is 0. The maximum absolute atomic E-state index is 13.6. The molecule has 4 rings (SSSR count). The molecule has 5 heteroatoms. The van der Waals surface area contributed by atoms with Gasteiger partial charge in [-0.25, -0.2) is 9.59 Å². The quantitative estimate of drug-likeness (QED) is 0.433. The van der Waals surface area contributed by atoms with E-state index in [0.29, 0.717) is 6.42 Å². The third kappa shape index (κ3) is 5.25. The second kappa shape index (κ2) is 10.3. The summed E-state index contributed by atoms with van der Waals surface area (Å²) in [4.78, 5) is 28.4. The van der Waals surface area contributed by atoms with Crippen molar-refractivity contribution in [1.82, 2.24) is 4.90 Å². The fourth-order valence-corrected chi connectivity index (χ4v) is 4.29. The number of hydrogen-bond donors (Lipinski definition) is 0. The van der Waals surface area contributed by atoms with E-state index in [9.17, 15) is 9.59 Å². The molecule has 1 aliphatic heterocycles. The topological polar surface area (TPSA) is 55.8 Å². The molecule has 0 bridgehead atoms. The van der Waals surface area contributed by atoms with Crippen LogP contribution in [0.3, 0.4) is 0 Å². The van der Waals surface area contributed by atoms with Crippen LogP contribution in [0.5, 0.6) is 0 Å². The summed E-state index contributed by atoms with van der Waals surface area (Å²) in [6, 6.07) is 27.6. The molecular formula is C28H29NO4. The van der Waals surface area contributed by atoms with E-state index in [4.69, 9.17) is 9.47 Å². The van der Waals surface area contributed by atoms with Gasteiger partial charge in [0.25, 0.3) is 0 Å². The van der Waals surface area contributed by atoms with Crippen molar-refractivity contribution in [2.24, 2.45) is 5.92 Å². The number of nitrogens with zero attached hydrogens (tertiary/aromatic N) is 1. The summed E-state index contributed by atoms with van der Waals surface area (Å²) in [5.41, 5.74) is 2.62. The Bertz CT molecular complexity index is 1050. The van der Waals surface area contributed by atoms with Crippen molar-refractivity contribution >= 4 is 12.1 Å². The van der Waals surface area contributed by atoms with Crippen molar-refractivity contribution < 1.29 is 19.1 Å². The Morgan fingerprint density at radius 1 is 0.879 bits per heavy atom. The van der Waals surface area contributed by atoms with Gasteiger partial charge in [-0.1, -0.05) is 105 Å². The summed E-state index contributed by atoms with van der Waals surface area (Å²) in [5, 5.41) is 0. The highest BCUT2D eigenvalue weighted by molar-refractivity contribution is 5.83. The van der Waals surface area contributed by atoms with Gasteiger partial charge < -0.3 is 9.47 Å². The molecule has 1 aliphatic rings. The number of ether oxygens (including phenoxy) is 2. The zero-order valence-corrected chi connectivity index (χ0v) is 19.0. The highest BCUT2D eigenvalue weighted by atomic mass is 16.6. The maximum Gasteiger partial charge on any atom is 0.411 e. The Morgan fingerprint density at radius 3 is 2.00 bits per heavy atom. The second-order valence-electron chi connectivity index (χ2n) is 8.72. The van der Waals surface area contributed by atoms with Crippen LogP contribution in [-0.4, -0.2) is 23.0 Å². The zero-order valence-electron chi connectivity index (χ0n) is 19.0. The fraction of sp³-hybridized carbons (Fsp3) is 0.286. The van der Waals surface area contributed by atoms with Gasteiger partial charge in [-0.3, -0.25) is 4.90 Å². The van der Waals surface area contributed by atoms with E-state index in [1.54, 1.807) is 4.90 Å². The first-order chi connectivity index (χ1) is 16.0. The van der Waals surface area contributed by atoms with Gasteiger partial charge in [0, 0.05) is 0 Å². The van der Waals surface area contributed by atoms with E-state index in [2.05, 4.69) is 0 Å². The molecule has 1 amide bonds. The Morgan fingerprint density at radius 2 is 1.42 bits per heavy atom. The summed E-state index contributed by atoms with van der Waals surface area (Å²) < 4.78 is 11.8. The molecule has 0 aromatic heterocycles. The molecule has 0 aliphatic carbocycles. The van der Waals surface area contributed by atoms with E-state index in [0.717, 1.165) is 16.7 Å². The molecule has 0 radical (unpaired) electrons. The van der Waals surface area contributed by atoms with Gasteiger partial charge in [0.15, 0.2) is 6.10 Å². The highest BCUT2D eigenvalue weighted by Gasteiger charge is 2.48. The van der Waals surface area contributed by atoms with E-state index in [1.165, 1.54) is 0 Å². The van der Waals surface area contributed by atoms with Crippen LogP contribution in [0.2, 0.25) is 0 Å². The van der Waals surface area contributed by atoms with Crippen molar-refractivity contribution in [3.05, 3.63) is 108 Å². The Kier molecular flexibility index (Phi) is 7.08. The third-order valence-corrected chi connectivity index (χ3v) is 5.82. The molecule has 3 aromatic carbocycles. The Labute approximate surface area is 194 Å². The first kappa shape index (κ1) is 22.6. The van der Waals surface area contributed by atoms with Gasteiger partial charge in [0.2, 0.25) is 0 Å². The van der Waals surface area contributed by atoms with Crippen LogP contribution in [0.1, 0.15) is 49.1 Å². The molecule has 3 aromatic rings. The molecule has 5 nitrogen and oxygen atoms in total. The maximum atomic E-state index is 13.6. The molecule has 1 heterocycles. The lowest BCUT2D eigenvalue weighted by molar-refractivity contribution is -0.174. The minimum Gasteiger partial charge on any atom is -0.453 e. The fourth-order valence-electron chi connectivity index (χ4n) is 4.29. The van der Waals surface area contributed by atoms with Gasteiger partial charge >= 0.3 is 12.1 Å². The minimum atomic E-state index is -0.724. The van der Waals surface area contributed by atoms with Gasteiger partial charge in [0.1, 0.15) is 18.7 Å². The van der Waals surface area contributed by atoms with E-state index < -0.39 is 30.3 Å². The lowest BCUT2D eigenvalue weighted by Crippen LogP contribution is -2.54. The number of carbonyl (C=O) groups is 2. The van der Waals surface area contributed by atoms with Gasteiger partial charge in [-0.15, -0.1) is 0 Å². The monoisotopic (exact) mass is 443 g/mol. The molecule has 170 valence electrons. The lowest BCUT2D eigenvalue weighted by atomic mass is 9.89.